The van der Waals surface area contributed by atoms with Crippen molar-refractivity contribution >= 4 is 11.8 Å². The van der Waals surface area contributed by atoms with E-state index in [1.165, 1.54) is 18.2 Å². The van der Waals surface area contributed by atoms with Crippen molar-refractivity contribution in [1.82, 2.24) is 5.32 Å². The normalized spacial score (nSPS) is 12.9. The molecule has 108 valence electrons. The highest BCUT2D eigenvalue weighted by atomic mass is 32.2. The predicted molar refractivity (Wildman–Crippen MR) is 79.7 cm³/mol. The topological polar surface area (TPSA) is 12.0 Å². The van der Waals surface area contributed by atoms with Gasteiger partial charge in [-0.25, -0.2) is 8.78 Å². The molecular weight excluding hydrogens is 264 g/mol. The van der Waals surface area contributed by atoms with Gasteiger partial charge in [-0.05, 0) is 36.8 Å². The second-order valence-electron chi connectivity index (χ2n) is 4.94. The Morgan fingerprint density at radius 2 is 1.84 bits per heavy atom. The molecule has 1 unspecified atom stereocenters. The van der Waals surface area contributed by atoms with Crippen molar-refractivity contribution in [3.8, 4) is 0 Å². The quantitative estimate of drug-likeness (QED) is 0.775. The van der Waals surface area contributed by atoms with Gasteiger partial charge in [0.25, 0.3) is 0 Å². The lowest BCUT2D eigenvalue weighted by molar-refractivity contribution is 0.503. The van der Waals surface area contributed by atoms with E-state index < -0.39 is 11.6 Å². The molecule has 0 saturated carbocycles. The van der Waals surface area contributed by atoms with Crippen molar-refractivity contribution in [3.63, 3.8) is 0 Å². The zero-order chi connectivity index (χ0) is 14.3. The van der Waals surface area contributed by atoms with Crippen LogP contribution in [0.2, 0.25) is 0 Å². The Hall–Kier alpha value is -0.610. The summed E-state index contributed by atoms with van der Waals surface area (Å²) in [7, 11) is 0. The summed E-state index contributed by atoms with van der Waals surface area (Å²) in [5, 5.41) is 3.90. The Morgan fingerprint density at radius 3 is 2.37 bits per heavy atom. The Bertz CT molecular complexity index is 362. The minimum atomic E-state index is -0.446. The van der Waals surface area contributed by atoms with Crippen molar-refractivity contribution < 1.29 is 8.78 Å². The molecule has 0 aliphatic heterocycles. The Kier molecular flexibility index (Phi) is 7.39. The first kappa shape index (κ1) is 16.4. The van der Waals surface area contributed by atoms with Gasteiger partial charge in [0.2, 0.25) is 0 Å². The van der Waals surface area contributed by atoms with Crippen molar-refractivity contribution in [3.05, 3.63) is 35.4 Å². The average Bonchev–Trinajstić information content (AvgIpc) is 2.36. The summed E-state index contributed by atoms with van der Waals surface area (Å²) < 4.78 is 27.3. The van der Waals surface area contributed by atoms with Crippen LogP contribution >= 0.6 is 11.8 Å². The molecule has 1 rings (SSSR count). The molecule has 0 aliphatic carbocycles. The Labute approximate surface area is 119 Å². The van der Waals surface area contributed by atoms with Gasteiger partial charge in [-0.2, -0.15) is 11.8 Å². The molecule has 0 aromatic heterocycles. The smallest absolute Gasteiger partial charge is 0.129 e. The van der Waals surface area contributed by atoms with Crippen LogP contribution in [0, 0.1) is 11.6 Å². The van der Waals surface area contributed by atoms with E-state index in [0.29, 0.717) is 11.7 Å². The van der Waals surface area contributed by atoms with Crippen molar-refractivity contribution in [1.29, 1.82) is 0 Å². The number of halogens is 2. The van der Waals surface area contributed by atoms with Gasteiger partial charge in [-0.3, -0.25) is 0 Å². The SMILES string of the molecule is CCCNC(CSC(C)C)Cc1c(F)cccc1F. The minimum Gasteiger partial charge on any atom is -0.313 e. The van der Waals surface area contributed by atoms with Gasteiger partial charge in [0.15, 0.2) is 0 Å². The van der Waals surface area contributed by atoms with Crippen LogP contribution in [-0.2, 0) is 6.42 Å². The molecule has 0 radical (unpaired) electrons. The van der Waals surface area contributed by atoms with E-state index in [0.717, 1.165) is 18.7 Å². The summed E-state index contributed by atoms with van der Waals surface area (Å²) in [4.78, 5) is 0. The van der Waals surface area contributed by atoms with Crippen LogP contribution < -0.4 is 5.32 Å². The number of hydrogen-bond donors (Lipinski definition) is 1. The third kappa shape index (κ3) is 5.91. The maximum Gasteiger partial charge on any atom is 0.129 e. The van der Waals surface area contributed by atoms with Crippen molar-refractivity contribution in [2.75, 3.05) is 12.3 Å². The first-order valence-corrected chi connectivity index (χ1v) is 7.87. The molecular formula is C15H23F2NS. The summed E-state index contributed by atoms with van der Waals surface area (Å²) >= 11 is 1.81. The summed E-state index contributed by atoms with van der Waals surface area (Å²) in [5.74, 6) is -0.0264. The van der Waals surface area contributed by atoms with Gasteiger partial charge < -0.3 is 5.32 Å². The molecule has 1 aromatic rings. The van der Waals surface area contributed by atoms with Crippen LogP contribution in [0.4, 0.5) is 8.78 Å². The van der Waals surface area contributed by atoms with Crippen LogP contribution in [0.15, 0.2) is 18.2 Å². The van der Waals surface area contributed by atoms with Gasteiger partial charge in [0, 0.05) is 17.4 Å². The van der Waals surface area contributed by atoms with Gasteiger partial charge >= 0.3 is 0 Å². The van der Waals surface area contributed by atoms with Gasteiger partial charge in [0.05, 0.1) is 0 Å². The first-order valence-electron chi connectivity index (χ1n) is 6.82. The molecule has 0 amide bonds. The van der Waals surface area contributed by atoms with Crippen LogP contribution in [0.3, 0.4) is 0 Å². The fourth-order valence-electron chi connectivity index (χ4n) is 1.82. The van der Waals surface area contributed by atoms with Gasteiger partial charge in [-0.15, -0.1) is 0 Å². The molecule has 19 heavy (non-hydrogen) atoms. The average molecular weight is 287 g/mol. The minimum absolute atomic E-state index is 0.110. The number of thioether (sulfide) groups is 1. The molecule has 0 bridgehead atoms. The molecule has 4 heteroatoms. The molecule has 0 aliphatic rings. The molecule has 1 atom stereocenters. The van der Waals surface area contributed by atoms with Crippen LogP contribution in [0.1, 0.15) is 32.8 Å². The van der Waals surface area contributed by atoms with E-state index >= 15 is 0 Å². The number of benzene rings is 1. The molecule has 0 spiro atoms. The zero-order valence-electron chi connectivity index (χ0n) is 11.9. The Balaban J connectivity index is 2.69. The lowest BCUT2D eigenvalue weighted by atomic mass is 10.1. The molecule has 1 N–H and O–H groups in total. The summed E-state index contributed by atoms with van der Waals surface area (Å²) in [5.41, 5.74) is 0.195. The highest BCUT2D eigenvalue weighted by Gasteiger charge is 2.15. The number of hydrogen-bond acceptors (Lipinski definition) is 2. The van der Waals surface area contributed by atoms with Crippen LogP contribution in [0.25, 0.3) is 0 Å². The van der Waals surface area contributed by atoms with E-state index in [9.17, 15) is 8.78 Å². The standard InChI is InChI=1S/C15H23F2NS/c1-4-8-18-12(10-19-11(2)3)9-13-14(16)6-5-7-15(13)17/h5-7,11-12,18H,4,8-10H2,1-3H3. The lowest BCUT2D eigenvalue weighted by Gasteiger charge is -2.20. The zero-order valence-corrected chi connectivity index (χ0v) is 12.7. The maximum atomic E-state index is 13.7. The monoisotopic (exact) mass is 287 g/mol. The molecule has 0 heterocycles. The maximum absolute atomic E-state index is 13.7. The van der Waals surface area contributed by atoms with E-state index in [-0.39, 0.29) is 11.6 Å². The largest absolute Gasteiger partial charge is 0.313 e. The van der Waals surface area contributed by atoms with Crippen LogP contribution in [0.5, 0.6) is 0 Å². The number of rotatable bonds is 8. The highest BCUT2D eigenvalue weighted by molar-refractivity contribution is 7.99. The summed E-state index contributed by atoms with van der Waals surface area (Å²) in [6.45, 7) is 7.22. The predicted octanol–water partition coefficient (Wildman–Crippen LogP) is 4.02. The van der Waals surface area contributed by atoms with E-state index in [1.807, 2.05) is 11.8 Å². The summed E-state index contributed by atoms with van der Waals surface area (Å²) in [6.07, 6.45) is 1.42. The molecule has 1 nitrogen and oxygen atoms in total. The van der Waals surface area contributed by atoms with E-state index in [2.05, 4.69) is 26.1 Å². The van der Waals surface area contributed by atoms with Crippen molar-refractivity contribution in [2.24, 2.45) is 0 Å². The third-order valence-corrected chi connectivity index (χ3v) is 4.09. The van der Waals surface area contributed by atoms with Gasteiger partial charge in [-0.1, -0.05) is 26.8 Å². The van der Waals surface area contributed by atoms with E-state index in [4.69, 9.17) is 0 Å². The van der Waals surface area contributed by atoms with E-state index in [1.54, 1.807) is 0 Å². The molecule has 0 fully saturated rings. The number of nitrogens with one attached hydrogen (secondary N) is 1. The van der Waals surface area contributed by atoms with Crippen LogP contribution in [-0.4, -0.2) is 23.6 Å². The Morgan fingerprint density at radius 1 is 1.21 bits per heavy atom. The summed E-state index contributed by atoms with van der Waals surface area (Å²) in [6, 6.07) is 4.17. The van der Waals surface area contributed by atoms with Gasteiger partial charge in [0.1, 0.15) is 11.6 Å². The fraction of sp³-hybridized carbons (Fsp3) is 0.600. The second kappa shape index (κ2) is 8.54. The fourth-order valence-corrected chi connectivity index (χ4v) is 2.67. The van der Waals surface area contributed by atoms with Crippen molar-refractivity contribution in [2.45, 2.75) is 44.9 Å². The molecule has 1 aromatic carbocycles. The lowest BCUT2D eigenvalue weighted by Crippen LogP contribution is -2.35. The third-order valence-electron chi connectivity index (χ3n) is 2.83. The second-order valence-corrected chi connectivity index (χ2v) is 6.55. The molecule has 0 saturated heterocycles. The highest BCUT2D eigenvalue weighted by Crippen LogP contribution is 2.18. The first-order chi connectivity index (χ1) is 9.04.